The van der Waals surface area contributed by atoms with Gasteiger partial charge in [-0.05, 0) is 18.5 Å². The molecule has 0 fully saturated rings. The van der Waals surface area contributed by atoms with Crippen LogP contribution in [0.2, 0.25) is 0 Å². The van der Waals surface area contributed by atoms with E-state index in [4.69, 9.17) is 0 Å². The first-order valence-corrected chi connectivity index (χ1v) is 3.55. The highest BCUT2D eigenvalue weighted by Gasteiger charge is 2.08. The standard InChI is InChI=1S/C5H6N2O2S/c1-2-9-5(8)4-6-3-7-10-4/h3H,2H2,1H3. The second-order valence-electron chi connectivity index (χ2n) is 1.47. The highest BCUT2D eigenvalue weighted by atomic mass is 32.1. The molecule has 5 heteroatoms. The van der Waals surface area contributed by atoms with Crippen LogP contribution in [-0.4, -0.2) is 21.9 Å². The molecule has 0 aliphatic rings. The average Bonchev–Trinajstić information content (AvgIpc) is 2.38. The SMILES string of the molecule is CCOC(=O)c1ncns1. The Balaban J connectivity index is 2.59. The predicted molar refractivity (Wildman–Crippen MR) is 35.9 cm³/mol. The van der Waals surface area contributed by atoms with Crippen molar-refractivity contribution in [2.75, 3.05) is 6.61 Å². The van der Waals surface area contributed by atoms with Crippen LogP contribution >= 0.6 is 11.5 Å². The third kappa shape index (κ3) is 1.51. The van der Waals surface area contributed by atoms with Crippen LogP contribution in [0.3, 0.4) is 0 Å². The molecular formula is C5H6N2O2S. The topological polar surface area (TPSA) is 52.1 Å². The number of rotatable bonds is 2. The monoisotopic (exact) mass is 158 g/mol. The molecule has 1 aromatic rings. The summed E-state index contributed by atoms with van der Waals surface area (Å²) in [4.78, 5) is 14.5. The molecule has 0 radical (unpaired) electrons. The molecule has 0 amide bonds. The predicted octanol–water partition coefficient (Wildman–Crippen LogP) is 0.715. The summed E-state index contributed by atoms with van der Waals surface area (Å²) in [7, 11) is 0. The highest BCUT2D eigenvalue weighted by Crippen LogP contribution is 2.00. The minimum atomic E-state index is -0.398. The molecule has 54 valence electrons. The smallest absolute Gasteiger partial charge is 0.369 e. The maximum Gasteiger partial charge on any atom is 0.369 e. The number of ether oxygens (including phenoxy) is 1. The maximum absolute atomic E-state index is 10.8. The molecule has 0 aliphatic heterocycles. The molecule has 0 aromatic carbocycles. The van der Waals surface area contributed by atoms with Gasteiger partial charge in [-0.25, -0.2) is 9.78 Å². The van der Waals surface area contributed by atoms with Crippen molar-refractivity contribution in [1.29, 1.82) is 0 Å². The zero-order valence-electron chi connectivity index (χ0n) is 5.40. The summed E-state index contributed by atoms with van der Waals surface area (Å²) < 4.78 is 8.31. The Morgan fingerprint density at radius 3 is 3.20 bits per heavy atom. The zero-order chi connectivity index (χ0) is 7.40. The summed E-state index contributed by atoms with van der Waals surface area (Å²) in [5.41, 5.74) is 0. The van der Waals surface area contributed by atoms with E-state index in [9.17, 15) is 4.79 Å². The molecule has 0 bridgehead atoms. The lowest BCUT2D eigenvalue weighted by Gasteiger charge is -1.93. The van der Waals surface area contributed by atoms with Gasteiger partial charge in [0.05, 0.1) is 6.61 Å². The average molecular weight is 158 g/mol. The molecule has 4 nitrogen and oxygen atoms in total. The molecule has 0 atom stereocenters. The Labute approximate surface area is 62.0 Å². The number of carbonyl (C=O) groups is 1. The van der Waals surface area contributed by atoms with Gasteiger partial charge in [-0.3, -0.25) is 0 Å². The second-order valence-corrected chi connectivity index (χ2v) is 2.25. The van der Waals surface area contributed by atoms with Crippen molar-refractivity contribution < 1.29 is 9.53 Å². The lowest BCUT2D eigenvalue weighted by Crippen LogP contribution is -2.03. The van der Waals surface area contributed by atoms with E-state index in [-0.39, 0.29) is 0 Å². The van der Waals surface area contributed by atoms with E-state index in [0.717, 1.165) is 11.5 Å². The van der Waals surface area contributed by atoms with Crippen LogP contribution in [0.25, 0.3) is 0 Å². The Kier molecular flexibility index (Phi) is 2.33. The molecule has 0 unspecified atom stereocenters. The van der Waals surface area contributed by atoms with Gasteiger partial charge in [0.1, 0.15) is 6.33 Å². The van der Waals surface area contributed by atoms with Crippen molar-refractivity contribution in [2.45, 2.75) is 6.92 Å². The van der Waals surface area contributed by atoms with E-state index in [1.807, 2.05) is 0 Å². The molecule has 1 rings (SSSR count). The van der Waals surface area contributed by atoms with Gasteiger partial charge in [-0.2, -0.15) is 4.37 Å². The van der Waals surface area contributed by atoms with Gasteiger partial charge in [0.2, 0.25) is 5.01 Å². The largest absolute Gasteiger partial charge is 0.461 e. The van der Waals surface area contributed by atoms with E-state index in [0.29, 0.717) is 11.6 Å². The number of hydrogen-bond acceptors (Lipinski definition) is 5. The lowest BCUT2D eigenvalue weighted by atomic mass is 10.7. The van der Waals surface area contributed by atoms with Crippen molar-refractivity contribution in [2.24, 2.45) is 0 Å². The van der Waals surface area contributed by atoms with Crippen LogP contribution in [0.1, 0.15) is 16.7 Å². The minimum Gasteiger partial charge on any atom is -0.461 e. The van der Waals surface area contributed by atoms with Crippen LogP contribution in [-0.2, 0) is 4.74 Å². The summed E-state index contributed by atoms with van der Waals surface area (Å²) in [6.45, 7) is 2.12. The van der Waals surface area contributed by atoms with Crippen molar-refractivity contribution in [3.8, 4) is 0 Å². The molecule has 0 saturated heterocycles. The lowest BCUT2D eigenvalue weighted by molar-refractivity contribution is 0.0526. The number of nitrogens with zero attached hydrogens (tertiary/aromatic N) is 2. The van der Waals surface area contributed by atoms with Gasteiger partial charge >= 0.3 is 5.97 Å². The first-order valence-electron chi connectivity index (χ1n) is 2.78. The van der Waals surface area contributed by atoms with Gasteiger partial charge in [-0.1, -0.05) is 0 Å². The van der Waals surface area contributed by atoms with Crippen molar-refractivity contribution in [3.63, 3.8) is 0 Å². The number of carbonyl (C=O) groups excluding carboxylic acids is 1. The molecule has 0 saturated carbocycles. The van der Waals surface area contributed by atoms with Crippen molar-refractivity contribution >= 4 is 17.5 Å². The van der Waals surface area contributed by atoms with E-state index >= 15 is 0 Å². The summed E-state index contributed by atoms with van der Waals surface area (Å²) in [6.07, 6.45) is 1.33. The molecule has 0 aliphatic carbocycles. The molecule has 0 N–H and O–H groups in total. The van der Waals surface area contributed by atoms with E-state index in [1.54, 1.807) is 6.92 Å². The van der Waals surface area contributed by atoms with Crippen molar-refractivity contribution in [1.82, 2.24) is 9.36 Å². The molecule has 1 aromatic heterocycles. The van der Waals surface area contributed by atoms with Crippen LogP contribution in [0.4, 0.5) is 0 Å². The third-order valence-corrected chi connectivity index (χ3v) is 1.46. The minimum absolute atomic E-state index is 0.307. The van der Waals surface area contributed by atoms with Crippen LogP contribution in [0.15, 0.2) is 6.33 Å². The fourth-order valence-electron chi connectivity index (χ4n) is 0.456. The summed E-state index contributed by atoms with van der Waals surface area (Å²) >= 11 is 1.04. The highest BCUT2D eigenvalue weighted by molar-refractivity contribution is 7.07. The number of aromatic nitrogens is 2. The van der Waals surface area contributed by atoms with E-state index < -0.39 is 5.97 Å². The fourth-order valence-corrected chi connectivity index (χ4v) is 0.878. The Hall–Kier alpha value is -0.970. The normalized spacial score (nSPS) is 9.30. The molecular weight excluding hydrogens is 152 g/mol. The Morgan fingerprint density at radius 2 is 2.70 bits per heavy atom. The molecule has 1 heterocycles. The van der Waals surface area contributed by atoms with Gasteiger partial charge in [0.25, 0.3) is 0 Å². The fraction of sp³-hybridized carbons (Fsp3) is 0.400. The Morgan fingerprint density at radius 1 is 1.90 bits per heavy atom. The summed E-state index contributed by atoms with van der Waals surface area (Å²) in [5, 5.41) is 0.307. The third-order valence-electron chi connectivity index (χ3n) is 0.811. The van der Waals surface area contributed by atoms with E-state index in [2.05, 4.69) is 14.1 Å². The van der Waals surface area contributed by atoms with Gasteiger partial charge in [-0.15, -0.1) is 0 Å². The summed E-state index contributed by atoms with van der Waals surface area (Å²) in [5.74, 6) is -0.398. The van der Waals surface area contributed by atoms with Gasteiger partial charge in [0, 0.05) is 0 Å². The van der Waals surface area contributed by atoms with Gasteiger partial charge < -0.3 is 4.74 Å². The quantitative estimate of drug-likeness (QED) is 0.595. The zero-order valence-corrected chi connectivity index (χ0v) is 6.22. The Bertz CT molecular complexity index is 209. The van der Waals surface area contributed by atoms with E-state index in [1.165, 1.54) is 6.33 Å². The number of hydrogen-bond donors (Lipinski definition) is 0. The van der Waals surface area contributed by atoms with Crippen LogP contribution in [0.5, 0.6) is 0 Å². The first kappa shape index (κ1) is 7.14. The van der Waals surface area contributed by atoms with Crippen LogP contribution in [0, 0.1) is 0 Å². The first-order chi connectivity index (χ1) is 4.84. The van der Waals surface area contributed by atoms with Crippen molar-refractivity contribution in [3.05, 3.63) is 11.3 Å². The second kappa shape index (κ2) is 3.26. The molecule has 0 spiro atoms. The molecule has 10 heavy (non-hydrogen) atoms. The van der Waals surface area contributed by atoms with Gasteiger partial charge in [0.15, 0.2) is 0 Å². The maximum atomic E-state index is 10.8. The van der Waals surface area contributed by atoms with Crippen LogP contribution < -0.4 is 0 Å². The summed E-state index contributed by atoms with van der Waals surface area (Å²) in [6, 6.07) is 0. The number of esters is 1.